The number of amides is 3. The van der Waals surface area contributed by atoms with E-state index in [2.05, 4.69) is 25.6 Å². The minimum Gasteiger partial charge on any atom is -0.477 e. The number of hydrogen-bond donors (Lipinski definition) is 3. The van der Waals surface area contributed by atoms with Crippen LogP contribution in [0.3, 0.4) is 0 Å². The Morgan fingerprint density at radius 3 is 2.52 bits per heavy atom. The number of thiazole rings is 1. The lowest BCUT2D eigenvalue weighted by molar-refractivity contribution is -0.140. The van der Waals surface area contributed by atoms with Crippen LogP contribution in [-0.2, 0) is 10.9 Å². The average molecular weight is 688 g/mol. The van der Waals surface area contributed by atoms with Crippen molar-refractivity contribution in [2.24, 2.45) is 0 Å². The third-order valence-corrected chi connectivity index (χ3v) is 8.24. The number of aromatic nitrogens is 4. The lowest BCUT2D eigenvalue weighted by Crippen LogP contribution is -2.43. The zero-order valence-electron chi connectivity index (χ0n) is 26.3. The van der Waals surface area contributed by atoms with E-state index in [0.29, 0.717) is 25.9 Å². The van der Waals surface area contributed by atoms with Crippen LogP contribution in [0.15, 0.2) is 40.9 Å². The molecule has 0 spiro atoms. The van der Waals surface area contributed by atoms with Gasteiger partial charge in [-0.1, -0.05) is 0 Å². The number of rotatable bonds is 6. The number of alkyl halides is 3. The molecule has 0 aliphatic carbocycles. The largest absolute Gasteiger partial charge is 0.477 e. The highest BCUT2D eigenvalue weighted by atomic mass is 32.1. The first kappa shape index (κ1) is 34.3. The number of halogens is 3. The molecule has 254 valence electrons. The molecule has 1 aliphatic rings. The number of aromatic carboxylic acids is 1. The van der Waals surface area contributed by atoms with E-state index in [-0.39, 0.29) is 45.1 Å². The second-order valence-corrected chi connectivity index (χ2v) is 12.9. The van der Waals surface area contributed by atoms with E-state index < -0.39 is 52.6 Å². The molecule has 4 aromatic rings. The van der Waals surface area contributed by atoms with Gasteiger partial charge in [0.15, 0.2) is 5.69 Å². The molecule has 48 heavy (non-hydrogen) atoms. The molecule has 1 unspecified atom stereocenters. The minimum atomic E-state index is -4.70. The number of urea groups is 1. The first-order valence-electron chi connectivity index (χ1n) is 14.9. The van der Waals surface area contributed by atoms with E-state index in [4.69, 9.17) is 4.74 Å². The lowest BCUT2D eigenvalue weighted by atomic mass is 10.0. The second kappa shape index (κ2) is 13.2. The van der Waals surface area contributed by atoms with Crippen molar-refractivity contribution in [3.05, 3.63) is 57.6 Å². The van der Waals surface area contributed by atoms with Crippen LogP contribution in [0.1, 0.15) is 62.6 Å². The Kier molecular flexibility index (Phi) is 9.44. The van der Waals surface area contributed by atoms with Crippen molar-refractivity contribution in [3.8, 4) is 21.7 Å². The van der Waals surface area contributed by atoms with Crippen LogP contribution in [0.25, 0.3) is 32.7 Å². The molecule has 0 bridgehead atoms. The Morgan fingerprint density at radius 1 is 1.12 bits per heavy atom. The predicted molar refractivity (Wildman–Crippen MR) is 171 cm³/mol. The summed E-state index contributed by atoms with van der Waals surface area (Å²) in [4.78, 5) is 64.8. The Labute approximate surface area is 275 Å². The third-order valence-electron chi connectivity index (χ3n) is 7.36. The summed E-state index contributed by atoms with van der Waals surface area (Å²) in [5.41, 5.74) is -2.39. The lowest BCUT2D eigenvalue weighted by Gasteiger charge is -2.35. The quantitative estimate of drug-likeness (QED) is 0.220. The van der Waals surface area contributed by atoms with Gasteiger partial charge in [-0.25, -0.2) is 29.3 Å². The van der Waals surface area contributed by atoms with Crippen LogP contribution in [0.5, 0.6) is 0 Å². The maximum absolute atomic E-state index is 13.5. The topological polar surface area (TPSA) is 169 Å². The molecule has 1 atom stereocenters. The summed E-state index contributed by atoms with van der Waals surface area (Å²) in [6.07, 6.45) is -0.183. The van der Waals surface area contributed by atoms with Crippen molar-refractivity contribution in [2.75, 3.05) is 25.0 Å². The van der Waals surface area contributed by atoms with Crippen LogP contribution < -0.4 is 16.1 Å². The number of carbonyl (C=O) groups is 3. The van der Waals surface area contributed by atoms with Crippen molar-refractivity contribution >= 4 is 46.3 Å². The smallest absolute Gasteiger partial charge is 0.434 e. The second-order valence-electron chi connectivity index (χ2n) is 12.0. The Hall–Kier alpha value is -5.06. The van der Waals surface area contributed by atoms with Crippen molar-refractivity contribution < 1.29 is 37.4 Å². The minimum absolute atomic E-state index is 0.0274. The molecule has 1 aliphatic heterocycles. The molecule has 1 saturated heterocycles. The molecule has 1 fully saturated rings. The van der Waals surface area contributed by atoms with Gasteiger partial charge >= 0.3 is 24.3 Å². The van der Waals surface area contributed by atoms with Gasteiger partial charge < -0.3 is 24.6 Å². The maximum Gasteiger partial charge on any atom is 0.434 e. The van der Waals surface area contributed by atoms with Gasteiger partial charge in [0, 0.05) is 60.3 Å². The van der Waals surface area contributed by atoms with Crippen LogP contribution in [-0.4, -0.2) is 72.9 Å². The number of fused-ring (bicyclic) bond motifs is 1. The fraction of sp³-hybridized carbons (Fsp3) is 0.387. The molecule has 0 radical (unpaired) electrons. The zero-order valence-corrected chi connectivity index (χ0v) is 27.2. The summed E-state index contributed by atoms with van der Waals surface area (Å²) in [5.74, 6) is -1.44. The molecule has 0 saturated carbocycles. The molecule has 3 amide bonds. The number of pyridine rings is 3. The molecular weight excluding hydrogens is 655 g/mol. The standard InChI is InChI=1S/C31H32F3N7O6S/c1-5-35-28(45)39-23-10-18(26-38-22(15-48-26)31(32,33)34)20(12-36-23)16-9-19-24(42)21(27(43)44)14-41(25(19)37-11-16)17-7-6-8-40(13-17)29(46)47-30(2,3)4/h9-12,14-15,17H,5-8,13H2,1-4H3,(H,43,44)(H2,35,36,39,45). The van der Waals surface area contributed by atoms with Crippen LogP contribution in [0.2, 0.25) is 0 Å². The van der Waals surface area contributed by atoms with E-state index in [9.17, 15) is 37.5 Å². The van der Waals surface area contributed by atoms with Crippen molar-refractivity contribution in [2.45, 2.75) is 58.4 Å². The van der Waals surface area contributed by atoms with E-state index in [1.54, 1.807) is 32.3 Å². The van der Waals surface area contributed by atoms with Gasteiger partial charge in [0.25, 0.3) is 0 Å². The van der Waals surface area contributed by atoms with Crippen molar-refractivity contribution in [1.82, 2.24) is 29.7 Å². The molecule has 5 rings (SSSR count). The van der Waals surface area contributed by atoms with E-state index in [1.165, 1.54) is 35.6 Å². The fourth-order valence-corrected chi connectivity index (χ4v) is 6.12. The van der Waals surface area contributed by atoms with E-state index >= 15 is 0 Å². The van der Waals surface area contributed by atoms with Gasteiger partial charge in [-0.3, -0.25) is 10.1 Å². The molecule has 13 nitrogen and oxygen atoms in total. The molecule has 3 N–H and O–H groups in total. The molecule has 17 heteroatoms. The number of nitrogens with one attached hydrogen (secondary N) is 2. The van der Waals surface area contributed by atoms with Crippen LogP contribution in [0, 0.1) is 0 Å². The maximum atomic E-state index is 13.5. The van der Waals surface area contributed by atoms with Crippen LogP contribution >= 0.6 is 11.3 Å². The van der Waals surface area contributed by atoms with E-state index in [1.807, 2.05) is 0 Å². The number of carbonyl (C=O) groups excluding carboxylic acids is 2. The number of carboxylic acids is 1. The zero-order chi connectivity index (χ0) is 35.0. The molecule has 0 aromatic carbocycles. The number of nitrogens with zero attached hydrogens (tertiary/aromatic N) is 5. The van der Waals surface area contributed by atoms with Crippen molar-refractivity contribution in [3.63, 3.8) is 0 Å². The number of piperidine rings is 1. The SMILES string of the molecule is CCNC(=O)Nc1cc(-c2nc(C(F)(F)F)cs2)c(-c2cnc3c(c2)c(=O)c(C(=O)O)cn3C2CCCN(C(=O)OC(C)(C)C)C2)cn1. The molecule has 5 heterocycles. The summed E-state index contributed by atoms with van der Waals surface area (Å²) < 4.78 is 47.5. The number of anilines is 1. The summed E-state index contributed by atoms with van der Waals surface area (Å²) in [6, 6.07) is 1.73. The predicted octanol–water partition coefficient (Wildman–Crippen LogP) is 6.01. The van der Waals surface area contributed by atoms with Crippen LogP contribution in [0.4, 0.5) is 28.6 Å². The third kappa shape index (κ3) is 7.40. The number of likely N-dealkylation sites (tertiary alicyclic amines) is 1. The highest BCUT2D eigenvalue weighted by molar-refractivity contribution is 7.13. The fourth-order valence-electron chi connectivity index (χ4n) is 5.27. The first-order chi connectivity index (χ1) is 22.6. The number of carboxylic acid groups (broad SMARTS) is 1. The Balaban J connectivity index is 1.63. The monoisotopic (exact) mass is 687 g/mol. The van der Waals surface area contributed by atoms with Gasteiger partial charge in [0.1, 0.15) is 27.6 Å². The normalized spacial score (nSPS) is 15.3. The van der Waals surface area contributed by atoms with Gasteiger partial charge in [0.05, 0.1) is 11.4 Å². The molecular formula is C31H32F3N7O6S. The van der Waals surface area contributed by atoms with Gasteiger partial charge in [-0.05, 0) is 52.7 Å². The average Bonchev–Trinajstić information content (AvgIpc) is 3.52. The van der Waals surface area contributed by atoms with Gasteiger partial charge in [-0.15, -0.1) is 11.3 Å². The highest BCUT2D eigenvalue weighted by Gasteiger charge is 2.34. The number of hydrogen-bond acceptors (Lipinski definition) is 9. The van der Waals surface area contributed by atoms with E-state index in [0.717, 1.165) is 16.7 Å². The summed E-state index contributed by atoms with van der Waals surface area (Å²) in [7, 11) is 0. The molecule has 4 aromatic heterocycles. The van der Waals surface area contributed by atoms with Gasteiger partial charge in [-0.2, -0.15) is 13.2 Å². The first-order valence-corrected chi connectivity index (χ1v) is 15.8. The van der Waals surface area contributed by atoms with Crippen molar-refractivity contribution in [1.29, 1.82) is 0 Å². The Morgan fingerprint density at radius 2 is 1.88 bits per heavy atom. The highest BCUT2D eigenvalue weighted by Crippen LogP contribution is 2.39. The van der Waals surface area contributed by atoms with Gasteiger partial charge in [0.2, 0.25) is 5.43 Å². The Bertz CT molecular complexity index is 1950. The summed E-state index contributed by atoms with van der Waals surface area (Å²) in [6.45, 7) is 7.88. The number of ether oxygens (including phenoxy) is 1. The summed E-state index contributed by atoms with van der Waals surface area (Å²) in [5, 5.41) is 15.7. The summed E-state index contributed by atoms with van der Waals surface area (Å²) >= 11 is 0.723.